The van der Waals surface area contributed by atoms with Gasteiger partial charge in [-0.1, -0.05) is 23.2 Å². The van der Waals surface area contributed by atoms with Crippen molar-refractivity contribution in [3.05, 3.63) is 50.4 Å². The number of carbonyl (C=O) groups is 1. The molecule has 0 aliphatic rings. The summed E-state index contributed by atoms with van der Waals surface area (Å²) in [6.45, 7) is 1.41. The highest BCUT2D eigenvalue weighted by atomic mass is 35.5. The van der Waals surface area contributed by atoms with Gasteiger partial charge in [-0.15, -0.1) is 0 Å². The maximum Gasteiger partial charge on any atom is 0.272 e. The molecular formula is C15H18Cl2N4O2. The Hall–Kier alpha value is -1.76. The monoisotopic (exact) mass is 356 g/mol. The van der Waals surface area contributed by atoms with Crippen molar-refractivity contribution in [3.63, 3.8) is 0 Å². The second-order valence-electron chi connectivity index (χ2n) is 5.35. The number of hydrogen-bond acceptors (Lipinski definition) is 3. The van der Waals surface area contributed by atoms with Gasteiger partial charge in [-0.2, -0.15) is 0 Å². The highest BCUT2D eigenvalue weighted by molar-refractivity contribution is 6.35. The largest absolute Gasteiger partial charge is 0.351 e. The molecule has 1 aromatic carbocycles. The third-order valence-corrected chi connectivity index (χ3v) is 3.72. The van der Waals surface area contributed by atoms with Crippen molar-refractivity contribution in [2.75, 3.05) is 27.2 Å². The lowest BCUT2D eigenvalue weighted by atomic mass is 10.3. The van der Waals surface area contributed by atoms with Crippen LogP contribution in [0, 0.1) is 0 Å². The lowest BCUT2D eigenvalue weighted by molar-refractivity contribution is 0.0947. The lowest BCUT2D eigenvalue weighted by Crippen LogP contribution is -2.27. The molecule has 0 saturated heterocycles. The molecule has 1 heterocycles. The third kappa shape index (κ3) is 4.60. The van der Waals surface area contributed by atoms with E-state index in [1.165, 1.54) is 16.8 Å². The number of rotatable bonds is 6. The molecule has 2 aromatic rings. The van der Waals surface area contributed by atoms with E-state index in [1.54, 1.807) is 12.1 Å². The summed E-state index contributed by atoms with van der Waals surface area (Å²) in [5.41, 5.74) is 0.256. The van der Waals surface area contributed by atoms with Crippen LogP contribution in [0.1, 0.15) is 16.9 Å². The summed E-state index contributed by atoms with van der Waals surface area (Å²) in [4.78, 5) is 26.2. The predicted octanol–water partition coefficient (Wildman–Crippen LogP) is 2.15. The normalized spacial score (nSPS) is 11.0. The molecule has 0 aliphatic carbocycles. The molecule has 124 valence electrons. The quantitative estimate of drug-likeness (QED) is 0.779. The van der Waals surface area contributed by atoms with E-state index in [0.717, 1.165) is 13.0 Å². The number of benzene rings is 1. The Morgan fingerprint density at radius 3 is 2.70 bits per heavy atom. The van der Waals surface area contributed by atoms with Crippen LogP contribution in [0.4, 0.5) is 0 Å². The lowest BCUT2D eigenvalue weighted by Gasteiger charge is -2.09. The summed E-state index contributed by atoms with van der Waals surface area (Å²) in [6, 6.07) is 6.01. The fraction of sp³-hybridized carbons (Fsp3) is 0.333. The van der Waals surface area contributed by atoms with Gasteiger partial charge in [-0.25, -0.2) is 4.68 Å². The van der Waals surface area contributed by atoms with Gasteiger partial charge < -0.3 is 10.2 Å². The number of halogens is 2. The molecule has 6 nitrogen and oxygen atoms in total. The first-order chi connectivity index (χ1) is 10.9. The van der Waals surface area contributed by atoms with Crippen LogP contribution in [0.2, 0.25) is 10.0 Å². The van der Waals surface area contributed by atoms with Gasteiger partial charge in [-0.05, 0) is 45.3 Å². The van der Waals surface area contributed by atoms with Crippen LogP contribution >= 0.6 is 23.2 Å². The van der Waals surface area contributed by atoms with Crippen LogP contribution in [-0.2, 0) is 0 Å². The van der Waals surface area contributed by atoms with Crippen molar-refractivity contribution >= 4 is 29.1 Å². The maximum atomic E-state index is 12.1. The topological polar surface area (TPSA) is 70.1 Å². The van der Waals surface area contributed by atoms with Crippen molar-refractivity contribution in [1.82, 2.24) is 20.0 Å². The molecule has 1 aromatic heterocycles. The number of hydrogen-bond donors (Lipinski definition) is 2. The van der Waals surface area contributed by atoms with Crippen LogP contribution < -0.4 is 10.9 Å². The fourth-order valence-corrected chi connectivity index (χ4v) is 2.54. The van der Waals surface area contributed by atoms with Gasteiger partial charge in [0.1, 0.15) is 5.69 Å². The van der Waals surface area contributed by atoms with Gasteiger partial charge in [-0.3, -0.25) is 14.7 Å². The fourth-order valence-electron chi connectivity index (χ4n) is 2.05. The average molecular weight is 357 g/mol. The van der Waals surface area contributed by atoms with Crippen molar-refractivity contribution < 1.29 is 4.79 Å². The third-order valence-electron chi connectivity index (χ3n) is 3.18. The Balaban J connectivity index is 2.11. The van der Waals surface area contributed by atoms with E-state index in [9.17, 15) is 9.59 Å². The Morgan fingerprint density at radius 1 is 1.30 bits per heavy atom. The zero-order chi connectivity index (χ0) is 17.0. The first-order valence-corrected chi connectivity index (χ1v) is 7.84. The summed E-state index contributed by atoms with van der Waals surface area (Å²) in [5, 5.41) is 6.32. The minimum absolute atomic E-state index is 0.186. The minimum Gasteiger partial charge on any atom is -0.351 e. The zero-order valence-corrected chi connectivity index (χ0v) is 14.4. The van der Waals surface area contributed by atoms with E-state index in [2.05, 4.69) is 10.4 Å². The second kappa shape index (κ2) is 7.68. The Morgan fingerprint density at radius 2 is 2.04 bits per heavy atom. The van der Waals surface area contributed by atoms with E-state index in [0.29, 0.717) is 22.3 Å². The first kappa shape index (κ1) is 17.6. The summed E-state index contributed by atoms with van der Waals surface area (Å²) in [5.74, 6) is -0.329. The summed E-state index contributed by atoms with van der Waals surface area (Å²) >= 11 is 11.9. The summed E-state index contributed by atoms with van der Waals surface area (Å²) in [6.07, 6.45) is 0.826. The van der Waals surface area contributed by atoms with Gasteiger partial charge in [0.25, 0.3) is 11.5 Å². The number of amides is 1. The molecule has 8 heteroatoms. The van der Waals surface area contributed by atoms with E-state index in [4.69, 9.17) is 23.2 Å². The standard InChI is InChI=1S/C15H18Cl2N4O2/c1-20(2)7-3-6-18-15(23)12-9-14(22)21(19-12)13-5-4-10(16)8-11(13)17/h4-5,8-9,19H,3,6-7H2,1-2H3,(H,18,23). The molecule has 2 N–H and O–H groups in total. The van der Waals surface area contributed by atoms with Gasteiger partial charge >= 0.3 is 0 Å². The molecule has 2 rings (SSSR count). The molecule has 0 bridgehead atoms. The summed E-state index contributed by atoms with van der Waals surface area (Å²) < 4.78 is 1.22. The van der Waals surface area contributed by atoms with Gasteiger partial charge in [0, 0.05) is 17.6 Å². The predicted molar refractivity (Wildman–Crippen MR) is 91.9 cm³/mol. The van der Waals surface area contributed by atoms with E-state index < -0.39 is 0 Å². The molecule has 0 unspecified atom stereocenters. The number of nitrogens with one attached hydrogen (secondary N) is 2. The number of carbonyl (C=O) groups excluding carboxylic acids is 1. The number of nitrogens with zero attached hydrogens (tertiary/aromatic N) is 2. The molecule has 0 fully saturated rings. The minimum atomic E-state index is -0.368. The molecular weight excluding hydrogens is 339 g/mol. The van der Waals surface area contributed by atoms with Gasteiger partial charge in [0.05, 0.1) is 10.7 Å². The SMILES string of the molecule is CN(C)CCCNC(=O)c1cc(=O)n(-c2ccc(Cl)cc2Cl)[nH]1. The van der Waals surface area contributed by atoms with E-state index in [-0.39, 0.29) is 17.2 Å². The highest BCUT2D eigenvalue weighted by Crippen LogP contribution is 2.22. The van der Waals surface area contributed by atoms with Crippen molar-refractivity contribution in [2.24, 2.45) is 0 Å². The van der Waals surface area contributed by atoms with Crippen LogP contribution in [0.25, 0.3) is 5.69 Å². The molecule has 0 atom stereocenters. The van der Waals surface area contributed by atoms with Gasteiger partial charge in [0.2, 0.25) is 0 Å². The van der Waals surface area contributed by atoms with Crippen LogP contribution in [0.3, 0.4) is 0 Å². The van der Waals surface area contributed by atoms with Crippen LogP contribution in [-0.4, -0.2) is 47.8 Å². The van der Waals surface area contributed by atoms with E-state index >= 15 is 0 Å². The molecule has 23 heavy (non-hydrogen) atoms. The molecule has 0 saturated carbocycles. The Labute approximate surface area is 144 Å². The maximum absolute atomic E-state index is 12.1. The van der Waals surface area contributed by atoms with Crippen LogP contribution in [0.5, 0.6) is 0 Å². The molecule has 1 amide bonds. The van der Waals surface area contributed by atoms with Crippen molar-refractivity contribution in [2.45, 2.75) is 6.42 Å². The Kier molecular flexibility index (Phi) is 5.87. The molecule has 0 spiro atoms. The Bertz CT molecular complexity index is 752. The van der Waals surface area contributed by atoms with Crippen molar-refractivity contribution in [1.29, 1.82) is 0 Å². The second-order valence-corrected chi connectivity index (χ2v) is 6.20. The highest BCUT2D eigenvalue weighted by Gasteiger charge is 2.13. The summed E-state index contributed by atoms with van der Waals surface area (Å²) in [7, 11) is 3.94. The molecule has 0 aliphatic heterocycles. The zero-order valence-electron chi connectivity index (χ0n) is 12.9. The number of H-pyrrole nitrogens is 1. The number of aromatic nitrogens is 2. The van der Waals surface area contributed by atoms with E-state index in [1.807, 2.05) is 19.0 Å². The van der Waals surface area contributed by atoms with Crippen molar-refractivity contribution in [3.8, 4) is 5.69 Å². The number of aromatic amines is 1. The molecule has 0 radical (unpaired) electrons. The first-order valence-electron chi connectivity index (χ1n) is 7.09. The smallest absolute Gasteiger partial charge is 0.272 e. The van der Waals surface area contributed by atoms with Crippen LogP contribution in [0.15, 0.2) is 29.1 Å². The van der Waals surface area contributed by atoms with Gasteiger partial charge in [0.15, 0.2) is 0 Å². The average Bonchev–Trinajstić information content (AvgIpc) is 2.85.